The monoisotopic (exact) mass is 511 g/mol. The molecule has 1 fully saturated rings. The molecule has 1 aliphatic rings. The second-order valence-corrected chi connectivity index (χ2v) is 7.10. The lowest BCUT2D eigenvalue weighted by atomic mass is 10.1. The quantitative estimate of drug-likeness (QED) is 0.322. The second-order valence-electron chi connectivity index (χ2n) is 7.10. The molecule has 1 aromatic carbocycles. The Hall–Kier alpha value is -1.65. The number of rotatable bonds is 8. The largest absolute Gasteiger partial charge is 0.355 e. The number of piperazine rings is 1. The maximum absolute atomic E-state index is 4.37. The zero-order valence-corrected chi connectivity index (χ0v) is 19.9. The maximum Gasteiger partial charge on any atom is 0.191 e. The van der Waals surface area contributed by atoms with E-state index in [-0.39, 0.29) is 24.0 Å². The van der Waals surface area contributed by atoms with Gasteiger partial charge in [-0.05, 0) is 23.7 Å². The standard InChI is InChI=1S/C21H33N7.HI/c1-3-26-13-15-27(16-14-26)12-10-23-21(22-2)24-17-19-7-4-5-8-20(19)18-28-11-6-9-25-28;/h4-9,11H,3,10,12-18H2,1-2H3,(H2,22,23,24);1H. The summed E-state index contributed by atoms with van der Waals surface area (Å²) in [6.07, 6.45) is 3.81. The number of nitrogens with one attached hydrogen (secondary N) is 2. The number of hydrogen-bond acceptors (Lipinski definition) is 4. The predicted molar refractivity (Wildman–Crippen MR) is 130 cm³/mol. The molecule has 2 heterocycles. The third kappa shape index (κ3) is 7.60. The van der Waals surface area contributed by atoms with Gasteiger partial charge in [-0.15, -0.1) is 24.0 Å². The fourth-order valence-corrected chi connectivity index (χ4v) is 3.51. The number of guanidine groups is 1. The highest BCUT2D eigenvalue weighted by atomic mass is 127. The van der Waals surface area contributed by atoms with Crippen LogP contribution < -0.4 is 10.6 Å². The highest BCUT2D eigenvalue weighted by Crippen LogP contribution is 2.10. The SMILES string of the molecule is CCN1CCN(CCNC(=NC)NCc2ccccc2Cn2cccn2)CC1.I. The molecule has 160 valence electrons. The van der Waals surface area contributed by atoms with E-state index >= 15 is 0 Å². The third-order valence-corrected chi connectivity index (χ3v) is 5.31. The van der Waals surface area contributed by atoms with E-state index in [2.05, 4.69) is 61.7 Å². The van der Waals surface area contributed by atoms with Crippen LogP contribution in [0.1, 0.15) is 18.1 Å². The summed E-state index contributed by atoms with van der Waals surface area (Å²) in [6, 6.07) is 10.4. The van der Waals surface area contributed by atoms with Gasteiger partial charge in [-0.2, -0.15) is 5.10 Å². The van der Waals surface area contributed by atoms with E-state index in [4.69, 9.17) is 0 Å². The molecule has 2 aromatic rings. The second kappa shape index (κ2) is 12.8. The van der Waals surface area contributed by atoms with Gasteiger partial charge in [0.25, 0.3) is 0 Å². The van der Waals surface area contributed by atoms with Crippen LogP contribution in [0.25, 0.3) is 0 Å². The minimum absolute atomic E-state index is 0. The third-order valence-electron chi connectivity index (χ3n) is 5.31. The summed E-state index contributed by atoms with van der Waals surface area (Å²) < 4.78 is 1.95. The normalized spacial score (nSPS) is 15.7. The average Bonchev–Trinajstić information content (AvgIpc) is 3.25. The molecule has 1 aliphatic heterocycles. The Balaban J connectivity index is 0.00000300. The molecule has 0 aliphatic carbocycles. The van der Waals surface area contributed by atoms with E-state index < -0.39 is 0 Å². The lowest BCUT2D eigenvalue weighted by Gasteiger charge is -2.34. The van der Waals surface area contributed by atoms with Crippen molar-refractivity contribution in [2.45, 2.75) is 20.0 Å². The number of likely N-dealkylation sites (N-methyl/N-ethyl adjacent to an activating group) is 1. The van der Waals surface area contributed by atoms with Gasteiger partial charge in [-0.3, -0.25) is 14.6 Å². The van der Waals surface area contributed by atoms with Crippen LogP contribution in [0.4, 0.5) is 0 Å². The zero-order chi connectivity index (χ0) is 19.6. The Morgan fingerprint density at radius 2 is 1.76 bits per heavy atom. The molecule has 1 saturated heterocycles. The number of halogens is 1. The number of nitrogens with zero attached hydrogens (tertiary/aromatic N) is 5. The highest BCUT2D eigenvalue weighted by molar-refractivity contribution is 14.0. The van der Waals surface area contributed by atoms with E-state index in [1.807, 2.05) is 30.2 Å². The number of aromatic nitrogens is 2. The van der Waals surface area contributed by atoms with Gasteiger partial charge in [-0.25, -0.2) is 0 Å². The molecule has 0 spiro atoms. The molecule has 0 saturated carbocycles. The van der Waals surface area contributed by atoms with Gasteiger partial charge in [0.05, 0.1) is 6.54 Å². The van der Waals surface area contributed by atoms with Crippen LogP contribution in [0.2, 0.25) is 0 Å². The summed E-state index contributed by atoms with van der Waals surface area (Å²) in [4.78, 5) is 9.39. The first-order valence-electron chi connectivity index (χ1n) is 10.2. The lowest BCUT2D eigenvalue weighted by molar-refractivity contribution is 0.139. The number of aliphatic imine (C=N–C) groups is 1. The zero-order valence-electron chi connectivity index (χ0n) is 17.5. The van der Waals surface area contributed by atoms with Crippen LogP contribution in [0, 0.1) is 0 Å². The van der Waals surface area contributed by atoms with E-state index in [1.54, 1.807) is 0 Å². The minimum Gasteiger partial charge on any atom is -0.355 e. The molecule has 0 unspecified atom stereocenters. The first kappa shape index (κ1) is 23.6. The van der Waals surface area contributed by atoms with Gasteiger partial charge < -0.3 is 15.5 Å². The molecular formula is C21H34IN7. The topological polar surface area (TPSA) is 60.7 Å². The van der Waals surface area contributed by atoms with Crippen molar-refractivity contribution in [3.8, 4) is 0 Å². The Kier molecular flexibility index (Phi) is 10.4. The van der Waals surface area contributed by atoms with Gasteiger partial charge in [0.2, 0.25) is 0 Å². The van der Waals surface area contributed by atoms with Crippen LogP contribution in [-0.4, -0.2) is 78.4 Å². The molecule has 2 N–H and O–H groups in total. The molecule has 3 rings (SSSR count). The number of benzene rings is 1. The van der Waals surface area contributed by atoms with Gasteiger partial charge in [0, 0.05) is 65.3 Å². The summed E-state index contributed by atoms with van der Waals surface area (Å²) in [5.74, 6) is 0.848. The van der Waals surface area contributed by atoms with Crippen molar-refractivity contribution in [3.05, 3.63) is 53.9 Å². The molecular weight excluding hydrogens is 477 g/mol. The van der Waals surface area contributed by atoms with Gasteiger partial charge in [-0.1, -0.05) is 31.2 Å². The van der Waals surface area contributed by atoms with Crippen molar-refractivity contribution in [2.75, 3.05) is 52.9 Å². The first-order valence-corrected chi connectivity index (χ1v) is 10.2. The molecule has 1 aromatic heterocycles. The van der Waals surface area contributed by atoms with E-state index in [0.29, 0.717) is 0 Å². The van der Waals surface area contributed by atoms with Gasteiger partial charge in [0.1, 0.15) is 0 Å². The van der Waals surface area contributed by atoms with Crippen molar-refractivity contribution < 1.29 is 0 Å². The fourth-order valence-electron chi connectivity index (χ4n) is 3.51. The number of hydrogen-bond donors (Lipinski definition) is 2. The van der Waals surface area contributed by atoms with Crippen LogP contribution in [0.15, 0.2) is 47.7 Å². The van der Waals surface area contributed by atoms with Gasteiger partial charge in [0.15, 0.2) is 5.96 Å². The van der Waals surface area contributed by atoms with E-state index in [9.17, 15) is 0 Å². The van der Waals surface area contributed by atoms with Crippen molar-refractivity contribution in [1.82, 2.24) is 30.2 Å². The van der Waals surface area contributed by atoms with Crippen molar-refractivity contribution in [1.29, 1.82) is 0 Å². The maximum atomic E-state index is 4.37. The molecule has 7 nitrogen and oxygen atoms in total. The smallest absolute Gasteiger partial charge is 0.191 e. The summed E-state index contributed by atoms with van der Waals surface area (Å²) >= 11 is 0. The van der Waals surface area contributed by atoms with Crippen molar-refractivity contribution in [3.63, 3.8) is 0 Å². The van der Waals surface area contributed by atoms with Crippen LogP contribution >= 0.6 is 24.0 Å². The molecule has 0 bridgehead atoms. The predicted octanol–water partition coefficient (Wildman–Crippen LogP) is 1.85. The Morgan fingerprint density at radius 1 is 1.03 bits per heavy atom. The van der Waals surface area contributed by atoms with Gasteiger partial charge >= 0.3 is 0 Å². The minimum atomic E-state index is 0. The van der Waals surface area contributed by atoms with E-state index in [0.717, 1.165) is 51.8 Å². The highest BCUT2D eigenvalue weighted by Gasteiger charge is 2.14. The first-order chi connectivity index (χ1) is 13.8. The summed E-state index contributed by atoms with van der Waals surface area (Å²) in [5.41, 5.74) is 2.53. The van der Waals surface area contributed by atoms with Crippen LogP contribution in [-0.2, 0) is 13.1 Å². The molecule has 0 radical (unpaired) electrons. The van der Waals surface area contributed by atoms with Crippen LogP contribution in [0.3, 0.4) is 0 Å². The van der Waals surface area contributed by atoms with Crippen molar-refractivity contribution >= 4 is 29.9 Å². The Labute approximate surface area is 191 Å². The Morgan fingerprint density at radius 3 is 2.41 bits per heavy atom. The summed E-state index contributed by atoms with van der Waals surface area (Å²) in [7, 11) is 1.82. The molecule has 8 heteroatoms. The van der Waals surface area contributed by atoms with Crippen LogP contribution in [0.5, 0.6) is 0 Å². The van der Waals surface area contributed by atoms with E-state index in [1.165, 1.54) is 24.2 Å². The fraction of sp³-hybridized carbons (Fsp3) is 0.524. The lowest BCUT2D eigenvalue weighted by Crippen LogP contribution is -2.49. The Bertz CT molecular complexity index is 724. The van der Waals surface area contributed by atoms with Crippen molar-refractivity contribution in [2.24, 2.45) is 4.99 Å². The molecule has 0 atom stereocenters. The summed E-state index contributed by atoms with van der Waals surface area (Å²) in [5, 5.41) is 11.2. The average molecular weight is 511 g/mol. The molecule has 29 heavy (non-hydrogen) atoms. The molecule has 0 amide bonds. The summed E-state index contributed by atoms with van der Waals surface area (Å²) in [6.45, 7) is 11.5.